The number of fused-ring (bicyclic) bond motifs is 3. The molecular formula is C20H14FNO. The van der Waals surface area contributed by atoms with E-state index in [4.69, 9.17) is 0 Å². The first-order valence-corrected chi connectivity index (χ1v) is 7.49. The Morgan fingerprint density at radius 3 is 2.57 bits per heavy atom. The number of hydrogen-bond acceptors (Lipinski definition) is 1. The molecule has 3 aromatic carbocycles. The van der Waals surface area contributed by atoms with Crippen molar-refractivity contribution in [2.75, 3.05) is 5.32 Å². The molecule has 0 aromatic heterocycles. The minimum absolute atomic E-state index is 0.310. The second-order valence-corrected chi connectivity index (χ2v) is 5.67. The number of amides is 1. The van der Waals surface area contributed by atoms with Crippen LogP contribution in [0.3, 0.4) is 0 Å². The largest absolute Gasteiger partial charge is 0.322 e. The van der Waals surface area contributed by atoms with Gasteiger partial charge in [-0.05, 0) is 59.0 Å². The maximum atomic E-state index is 13.2. The van der Waals surface area contributed by atoms with Gasteiger partial charge in [0.1, 0.15) is 5.82 Å². The lowest BCUT2D eigenvalue weighted by atomic mass is 10.1. The van der Waals surface area contributed by atoms with E-state index in [1.54, 1.807) is 6.07 Å². The van der Waals surface area contributed by atoms with Crippen LogP contribution in [0.1, 0.15) is 21.5 Å². The van der Waals surface area contributed by atoms with Crippen molar-refractivity contribution in [2.45, 2.75) is 6.42 Å². The molecule has 0 radical (unpaired) electrons. The maximum absolute atomic E-state index is 13.2. The molecular weight excluding hydrogens is 289 g/mol. The van der Waals surface area contributed by atoms with Crippen molar-refractivity contribution >= 4 is 11.6 Å². The summed E-state index contributed by atoms with van der Waals surface area (Å²) in [7, 11) is 0. The highest BCUT2D eigenvalue weighted by atomic mass is 19.1. The predicted molar refractivity (Wildman–Crippen MR) is 89.0 cm³/mol. The van der Waals surface area contributed by atoms with E-state index in [-0.39, 0.29) is 5.91 Å². The van der Waals surface area contributed by atoms with Crippen molar-refractivity contribution in [2.24, 2.45) is 0 Å². The third-order valence-corrected chi connectivity index (χ3v) is 4.14. The Morgan fingerprint density at radius 1 is 0.870 bits per heavy atom. The molecule has 2 nitrogen and oxygen atoms in total. The third-order valence-electron chi connectivity index (χ3n) is 4.14. The summed E-state index contributed by atoms with van der Waals surface area (Å²) in [6.07, 6.45) is 0.920. The molecule has 1 amide bonds. The van der Waals surface area contributed by atoms with Crippen LogP contribution < -0.4 is 5.32 Å². The third kappa shape index (κ3) is 2.50. The molecule has 3 heteroatoms. The van der Waals surface area contributed by atoms with E-state index < -0.39 is 5.82 Å². The molecule has 0 atom stereocenters. The van der Waals surface area contributed by atoms with E-state index in [2.05, 4.69) is 17.4 Å². The molecule has 0 spiro atoms. The van der Waals surface area contributed by atoms with Crippen LogP contribution in [-0.4, -0.2) is 5.91 Å². The van der Waals surface area contributed by atoms with Crippen LogP contribution in [0.2, 0.25) is 0 Å². The molecule has 0 aliphatic heterocycles. The standard InChI is InChI=1S/C20H14FNO/c21-16-6-3-5-15(11-16)20(23)22-17-9-8-14-10-13-4-1-2-7-18(13)19(14)12-17/h1-9,11-12H,10H2,(H,22,23). The van der Waals surface area contributed by atoms with Gasteiger partial charge in [0.25, 0.3) is 5.91 Å². The summed E-state index contributed by atoms with van der Waals surface area (Å²) in [6, 6.07) is 19.9. The lowest BCUT2D eigenvalue weighted by Gasteiger charge is -2.08. The highest BCUT2D eigenvalue weighted by Gasteiger charge is 2.18. The second-order valence-electron chi connectivity index (χ2n) is 5.67. The molecule has 1 N–H and O–H groups in total. The number of halogens is 1. The predicted octanol–water partition coefficient (Wildman–Crippen LogP) is 4.65. The topological polar surface area (TPSA) is 29.1 Å². The molecule has 23 heavy (non-hydrogen) atoms. The molecule has 0 saturated heterocycles. The molecule has 0 fully saturated rings. The number of benzene rings is 3. The summed E-state index contributed by atoms with van der Waals surface area (Å²) in [4.78, 5) is 12.2. The van der Waals surface area contributed by atoms with Crippen LogP contribution in [0.25, 0.3) is 11.1 Å². The van der Waals surface area contributed by atoms with E-state index >= 15 is 0 Å². The fourth-order valence-corrected chi connectivity index (χ4v) is 3.03. The fraction of sp³-hybridized carbons (Fsp3) is 0.0500. The van der Waals surface area contributed by atoms with Crippen molar-refractivity contribution in [3.63, 3.8) is 0 Å². The van der Waals surface area contributed by atoms with Crippen molar-refractivity contribution < 1.29 is 9.18 Å². The Balaban J connectivity index is 1.64. The number of anilines is 1. The lowest BCUT2D eigenvalue weighted by Crippen LogP contribution is -2.12. The summed E-state index contributed by atoms with van der Waals surface area (Å²) in [5, 5.41) is 2.84. The highest BCUT2D eigenvalue weighted by Crippen LogP contribution is 2.37. The van der Waals surface area contributed by atoms with Gasteiger partial charge >= 0.3 is 0 Å². The monoisotopic (exact) mass is 303 g/mol. The smallest absolute Gasteiger partial charge is 0.255 e. The number of carbonyl (C=O) groups excluding carboxylic acids is 1. The van der Waals surface area contributed by atoms with Gasteiger partial charge in [0, 0.05) is 11.3 Å². The average molecular weight is 303 g/mol. The van der Waals surface area contributed by atoms with E-state index in [1.807, 2.05) is 30.3 Å². The summed E-state index contributed by atoms with van der Waals surface area (Å²) in [5.41, 5.74) is 5.95. The van der Waals surface area contributed by atoms with Gasteiger partial charge in [-0.25, -0.2) is 4.39 Å². The Morgan fingerprint density at radius 2 is 1.70 bits per heavy atom. The minimum atomic E-state index is -0.416. The van der Waals surface area contributed by atoms with Crippen LogP contribution in [-0.2, 0) is 6.42 Å². The van der Waals surface area contributed by atoms with Crippen LogP contribution in [0.15, 0.2) is 66.7 Å². The van der Waals surface area contributed by atoms with Gasteiger partial charge in [-0.2, -0.15) is 0 Å². The van der Waals surface area contributed by atoms with Crippen molar-refractivity contribution in [1.82, 2.24) is 0 Å². The van der Waals surface area contributed by atoms with E-state index in [0.717, 1.165) is 17.7 Å². The van der Waals surface area contributed by atoms with Crippen molar-refractivity contribution in [3.8, 4) is 11.1 Å². The summed E-state index contributed by atoms with van der Waals surface area (Å²) < 4.78 is 13.2. The molecule has 0 bridgehead atoms. The first kappa shape index (κ1) is 13.7. The van der Waals surface area contributed by atoms with Gasteiger partial charge in [0.05, 0.1) is 0 Å². The molecule has 0 saturated carbocycles. The van der Waals surface area contributed by atoms with Gasteiger partial charge in [0.2, 0.25) is 0 Å². The molecule has 112 valence electrons. The number of hydrogen-bond donors (Lipinski definition) is 1. The Hall–Kier alpha value is -2.94. The molecule has 4 rings (SSSR count). The minimum Gasteiger partial charge on any atom is -0.322 e. The van der Waals surface area contributed by atoms with E-state index in [0.29, 0.717) is 5.56 Å². The van der Waals surface area contributed by atoms with Crippen molar-refractivity contribution in [3.05, 3.63) is 89.2 Å². The summed E-state index contributed by atoms with van der Waals surface area (Å²) in [5.74, 6) is -0.726. The van der Waals surface area contributed by atoms with E-state index in [9.17, 15) is 9.18 Å². The quantitative estimate of drug-likeness (QED) is 0.574. The number of nitrogens with one attached hydrogen (secondary N) is 1. The normalized spacial score (nSPS) is 11.7. The summed E-state index contributed by atoms with van der Waals surface area (Å²) in [6.45, 7) is 0. The average Bonchev–Trinajstić information content (AvgIpc) is 2.93. The molecule has 0 heterocycles. The molecule has 1 aliphatic rings. The highest BCUT2D eigenvalue weighted by molar-refractivity contribution is 6.04. The van der Waals surface area contributed by atoms with Gasteiger partial charge in [-0.1, -0.05) is 36.4 Å². The zero-order valence-corrected chi connectivity index (χ0v) is 12.3. The first-order chi connectivity index (χ1) is 11.2. The van der Waals surface area contributed by atoms with Crippen LogP contribution in [0.5, 0.6) is 0 Å². The Kier molecular flexibility index (Phi) is 3.19. The number of rotatable bonds is 2. The molecule has 3 aromatic rings. The van der Waals surface area contributed by atoms with Gasteiger partial charge in [-0.3, -0.25) is 4.79 Å². The SMILES string of the molecule is O=C(Nc1ccc2c(c1)-c1ccccc1C2)c1cccc(F)c1. The van der Waals surface area contributed by atoms with Gasteiger partial charge in [0.15, 0.2) is 0 Å². The Labute approximate surface area is 133 Å². The van der Waals surface area contributed by atoms with Gasteiger partial charge in [-0.15, -0.1) is 0 Å². The van der Waals surface area contributed by atoms with Gasteiger partial charge < -0.3 is 5.32 Å². The van der Waals surface area contributed by atoms with Crippen molar-refractivity contribution in [1.29, 1.82) is 0 Å². The molecule has 1 aliphatic carbocycles. The summed E-state index contributed by atoms with van der Waals surface area (Å²) >= 11 is 0. The van der Waals surface area contributed by atoms with E-state index in [1.165, 1.54) is 34.9 Å². The second kappa shape index (κ2) is 5.36. The van der Waals surface area contributed by atoms with Crippen LogP contribution >= 0.6 is 0 Å². The Bertz CT molecular complexity index is 917. The first-order valence-electron chi connectivity index (χ1n) is 7.49. The zero-order chi connectivity index (χ0) is 15.8. The fourth-order valence-electron chi connectivity index (χ4n) is 3.03. The number of carbonyl (C=O) groups is 1. The van der Waals surface area contributed by atoms with Crippen LogP contribution in [0, 0.1) is 5.82 Å². The van der Waals surface area contributed by atoms with Crippen LogP contribution in [0.4, 0.5) is 10.1 Å². The zero-order valence-electron chi connectivity index (χ0n) is 12.3. The lowest BCUT2D eigenvalue weighted by molar-refractivity contribution is 0.102. The molecule has 0 unspecified atom stereocenters. The maximum Gasteiger partial charge on any atom is 0.255 e.